The van der Waals surface area contributed by atoms with E-state index in [1.807, 2.05) is 40.9 Å². The number of rotatable bonds is 6. The van der Waals surface area contributed by atoms with Crippen molar-refractivity contribution in [1.82, 2.24) is 19.9 Å². The highest BCUT2D eigenvalue weighted by Crippen LogP contribution is 2.26. The molecule has 1 N–H and O–H groups in total. The molecular formula is C21H24N4O3. The molecule has 3 aromatic rings. The quantitative estimate of drug-likeness (QED) is 0.711. The highest BCUT2D eigenvalue weighted by Gasteiger charge is 2.21. The largest absolute Gasteiger partial charge is 0.497 e. The van der Waals surface area contributed by atoms with E-state index in [1.54, 1.807) is 13.2 Å². The van der Waals surface area contributed by atoms with E-state index in [0.29, 0.717) is 18.0 Å². The molecule has 7 heteroatoms. The van der Waals surface area contributed by atoms with Crippen molar-refractivity contribution in [1.29, 1.82) is 0 Å². The van der Waals surface area contributed by atoms with E-state index >= 15 is 0 Å². The van der Waals surface area contributed by atoms with Crippen LogP contribution in [0.1, 0.15) is 40.5 Å². The van der Waals surface area contributed by atoms with Gasteiger partial charge in [-0.25, -0.2) is 0 Å². The molecule has 4 rings (SSSR count). The molecule has 1 aromatic carbocycles. The lowest BCUT2D eigenvalue weighted by Gasteiger charge is -2.20. The zero-order chi connectivity index (χ0) is 19.3. The van der Waals surface area contributed by atoms with Gasteiger partial charge in [-0.1, -0.05) is 12.1 Å². The maximum atomic E-state index is 12.6. The number of methoxy groups -OCH3 is 1. The molecule has 28 heavy (non-hydrogen) atoms. The van der Waals surface area contributed by atoms with Gasteiger partial charge in [0.2, 0.25) is 0 Å². The first kappa shape index (κ1) is 18.4. The molecule has 0 saturated carbocycles. The van der Waals surface area contributed by atoms with Crippen LogP contribution in [0.15, 0.2) is 42.6 Å². The molecule has 1 aliphatic heterocycles. The second-order valence-electron chi connectivity index (χ2n) is 6.95. The van der Waals surface area contributed by atoms with Gasteiger partial charge in [-0.3, -0.25) is 9.20 Å². The van der Waals surface area contributed by atoms with Crippen molar-refractivity contribution in [3.8, 4) is 5.75 Å². The standard InChI is InChI=1S/C21H24N4O3/c1-27-18-4-2-3-15(13-18)7-10-22-21(26)17-5-6-19-23-24-20(25(19)14-17)16-8-11-28-12-9-16/h2-6,13-14,16H,7-12H2,1H3,(H,22,26). The average molecular weight is 380 g/mol. The van der Waals surface area contributed by atoms with Crippen LogP contribution in [0, 0.1) is 0 Å². The lowest BCUT2D eigenvalue weighted by atomic mass is 9.99. The first-order chi connectivity index (χ1) is 13.7. The third-order valence-electron chi connectivity index (χ3n) is 5.11. The van der Waals surface area contributed by atoms with Crippen LogP contribution in [0.25, 0.3) is 5.65 Å². The van der Waals surface area contributed by atoms with Gasteiger partial charge in [0.15, 0.2) is 5.65 Å². The Balaban J connectivity index is 1.43. The van der Waals surface area contributed by atoms with Crippen molar-refractivity contribution in [2.45, 2.75) is 25.2 Å². The van der Waals surface area contributed by atoms with Crippen molar-refractivity contribution in [2.24, 2.45) is 0 Å². The summed E-state index contributed by atoms with van der Waals surface area (Å²) >= 11 is 0. The Bertz CT molecular complexity index is 963. The summed E-state index contributed by atoms with van der Waals surface area (Å²) in [7, 11) is 1.65. The number of nitrogens with one attached hydrogen (secondary N) is 1. The third-order valence-corrected chi connectivity index (χ3v) is 5.11. The first-order valence-corrected chi connectivity index (χ1v) is 9.58. The van der Waals surface area contributed by atoms with Gasteiger partial charge in [-0.2, -0.15) is 0 Å². The van der Waals surface area contributed by atoms with E-state index in [2.05, 4.69) is 15.5 Å². The van der Waals surface area contributed by atoms with Crippen molar-refractivity contribution in [3.05, 3.63) is 59.5 Å². The number of ether oxygens (including phenoxy) is 2. The molecule has 0 aliphatic carbocycles. The zero-order valence-corrected chi connectivity index (χ0v) is 15.9. The van der Waals surface area contributed by atoms with Crippen LogP contribution in [0.4, 0.5) is 0 Å². The van der Waals surface area contributed by atoms with Gasteiger partial charge in [-0.15, -0.1) is 10.2 Å². The fourth-order valence-corrected chi connectivity index (χ4v) is 3.53. The van der Waals surface area contributed by atoms with Crippen LogP contribution in [-0.2, 0) is 11.2 Å². The Kier molecular flexibility index (Phi) is 5.53. The lowest BCUT2D eigenvalue weighted by Crippen LogP contribution is -2.26. The molecule has 7 nitrogen and oxygen atoms in total. The maximum absolute atomic E-state index is 12.6. The molecule has 1 saturated heterocycles. The Hall–Kier alpha value is -2.93. The smallest absolute Gasteiger partial charge is 0.252 e. The number of aromatic nitrogens is 3. The number of amides is 1. The Morgan fingerprint density at radius 1 is 1.25 bits per heavy atom. The number of nitrogens with zero attached hydrogens (tertiary/aromatic N) is 3. The molecule has 3 heterocycles. The summed E-state index contributed by atoms with van der Waals surface area (Å²) in [4.78, 5) is 12.6. The molecule has 0 radical (unpaired) electrons. The van der Waals surface area contributed by atoms with E-state index in [-0.39, 0.29) is 5.91 Å². The van der Waals surface area contributed by atoms with Crippen molar-refractivity contribution in [3.63, 3.8) is 0 Å². The van der Waals surface area contributed by atoms with Gasteiger partial charge < -0.3 is 14.8 Å². The number of benzene rings is 1. The van der Waals surface area contributed by atoms with Gasteiger partial charge in [0.25, 0.3) is 5.91 Å². The molecule has 0 unspecified atom stereocenters. The van der Waals surface area contributed by atoms with Gasteiger partial charge in [-0.05, 0) is 49.1 Å². The summed E-state index contributed by atoms with van der Waals surface area (Å²) in [5.74, 6) is 1.94. The first-order valence-electron chi connectivity index (χ1n) is 9.58. The topological polar surface area (TPSA) is 77.8 Å². The summed E-state index contributed by atoms with van der Waals surface area (Å²) in [5.41, 5.74) is 2.48. The van der Waals surface area contributed by atoms with E-state index < -0.39 is 0 Å². The van der Waals surface area contributed by atoms with Gasteiger partial charge in [0.05, 0.1) is 12.7 Å². The Morgan fingerprint density at radius 3 is 2.93 bits per heavy atom. The van der Waals surface area contributed by atoms with Gasteiger partial charge >= 0.3 is 0 Å². The monoisotopic (exact) mass is 380 g/mol. The predicted octanol–water partition coefficient (Wildman–Crippen LogP) is 2.60. The van der Waals surface area contributed by atoms with Gasteiger partial charge in [0, 0.05) is 31.9 Å². The second kappa shape index (κ2) is 8.39. The van der Waals surface area contributed by atoms with Crippen molar-refractivity contribution < 1.29 is 14.3 Å². The van der Waals surface area contributed by atoms with Crippen molar-refractivity contribution in [2.75, 3.05) is 26.9 Å². The van der Waals surface area contributed by atoms with E-state index in [1.165, 1.54) is 0 Å². The van der Waals surface area contributed by atoms with Crippen LogP contribution in [0.5, 0.6) is 5.75 Å². The molecule has 1 amide bonds. The number of hydrogen-bond acceptors (Lipinski definition) is 5. The van der Waals surface area contributed by atoms with Gasteiger partial charge in [0.1, 0.15) is 11.6 Å². The van der Waals surface area contributed by atoms with E-state index in [9.17, 15) is 4.79 Å². The molecular weight excluding hydrogens is 356 g/mol. The summed E-state index contributed by atoms with van der Waals surface area (Å²) < 4.78 is 12.6. The molecule has 1 aliphatic rings. The molecule has 2 aromatic heterocycles. The number of fused-ring (bicyclic) bond motifs is 1. The number of carbonyl (C=O) groups excluding carboxylic acids is 1. The average Bonchev–Trinajstić information content (AvgIpc) is 3.17. The maximum Gasteiger partial charge on any atom is 0.252 e. The zero-order valence-electron chi connectivity index (χ0n) is 15.9. The fourth-order valence-electron chi connectivity index (χ4n) is 3.53. The summed E-state index contributed by atoms with van der Waals surface area (Å²) in [6, 6.07) is 11.5. The molecule has 0 spiro atoms. The van der Waals surface area contributed by atoms with Crippen LogP contribution in [0.2, 0.25) is 0 Å². The summed E-state index contributed by atoms with van der Waals surface area (Å²) in [5, 5.41) is 11.6. The number of carbonyl (C=O) groups is 1. The van der Waals surface area contributed by atoms with E-state index in [0.717, 1.165) is 55.3 Å². The van der Waals surface area contributed by atoms with Crippen molar-refractivity contribution >= 4 is 11.6 Å². The number of hydrogen-bond donors (Lipinski definition) is 1. The highest BCUT2D eigenvalue weighted by molar-refractivity contribution is 5.94. The molecule has 0 bridgehead atoms. The minimum absolute atomic E-state index is 0.101. The van der Waals surface area contributed by atoms with E-state index in [4.69, 9.17) is 9.47 Å². The second-order valence-corrected chi connectivity index (χ2v) is 6.95. The highest BCUT2D eigenvalue weighted by atomic mass is 16.5. The SMILES string of the molecule is COc1cccc(CCNC(=O)c2ccc3nnc(C4CCOCC4)n3c2)c1. The summed E-state index contributed by atoms with van der Waals surface area (Å²) in [6.45, 7) is 2.03. The minimum atomic E-state index is -0.101. The number of pyridine rings is 1. The van der Waals surface area contributed by atoms with Crippen LogP contribution in [0.3, 0.4) is 0 Å². The molecule has 146 valence electrons. The fraction of sp³-hybridized carbons (Fsp3) is 0.381. The third kappa shape index (κ3) is 3.99. The minimum Gasteiger partial charge on any atom is -0.497 e. The molecule has 0 atom stereocenters. The molecule has 1 fully saturated rings. The van der Waals surface area contributed by atoms with Crippen LogP contribution >= 0.6 is 0 Å². The predicted molar refractivity (Wildman–Crippen MR) is 105 cm³/mol. The Labute approximate surface area is 163 Å². The van der Waals surface area contributed by atoms with Crippen LogP contribution < -0.4 is 10.1 Å². The summed E-state index contributed by atoms with van der Waals surface area (Å²) in [6.07, 6.45) is 4.43. The normalized spacial score (nSPS) is 14.9. The van der Waals surface area contributed by atoms with Crippen LogP contribution in [-0.4, -0.2) is 47.4 Å². The lowest BCUT2D eigenvalue weighted by molar-refractivity contribution is 0.0833. The Morgan fingerprint density at radius 2 is 2.11 bits per heavy atom.